The molecule has 2 rings (SSSR count). The van der Waals surface area contributed by atoms with Gasteiger partial charge in [0.25, 0.3) is 0 Å². The molecule has 2 aromatic rings. The van der Waals surface area contributed by atoms with Gasteiger partial charge in [-0.05, 0) is 40.2 Å². The van der Waals surface area contributed by atoms with Gasteiger partial charge in [0, 0.05) is 11.9 Å². The fraction of sp³-hybridized carbons (Fsp3) is 0.214. The SMILES string of the molecule is C[C@@H](Cn1cc(Br)cn1)C(=O)Nc1ccc(C(=O)O)cc1. The van der Waals surface area contributed by atoms with E-state index in [2.05, 4.69) is 26.3 Å². The van der Waals surface area contributed by atoms with Crippen LogP contribution < -0.4 is 5.32 Å². The Bertz CT molecular complexity index is 652. The highest BCUT2D eigenvalue weighted by atomic mass is 79.9. The first-order valence-corrected chi connectivity index (χ1v) is 7.07. The van der Waals surface area contributed by atoms with E-state index < -0.39 is 5.97 Å². The number of anilines is 1. The van der Waals surface area contributed by atoms with E-state index in [1.54, 1.807) is 36.1 Å². The summed E-state index contributed by atoms with van der Waals surface area (Å²) in [6.45, 7) is 2.27. The molecule has 0 bridgehead atoms. The van der Waals surface area contributed by atoms with Crippen LogP contribution in [0.1, 0.15) is 17.3 Å². The fourth-order valence-electron chi connectivity index (χ4n) is 1.76. The zero-order valence-corrected chi connectivity index (χ0v) is 12.9. The van der Waals surface area contributed by atoms with E-state index in [1.165, 1.54) is 12.1 Å². The van der Waals surface area contributed by atoms with Crippen molar-refractivity contribution < 1.29 is 14.7 Å². The molecule has 1 heterocycles. The molecule has 0 aliphatic heterocycles. The van der Waals surface area contributed by atoms with Crippen molar-refractivity contribution in [3.8, 4) is 0 Å². The lowest BCUT2D eigenvalue weighted by atomic mass is 10.1. The molecule has 110 valence electrons. The summed E-state index contributed by atoms with van der Waals surface area (Å²) in [6, 6.07) is 6.04. The molecule has 6 nitrogen and oxygen atoms in total. The quantitative estimate of drug-likeness (QED) is 0.866. The summed E-state index contributed by atoms with van der Waals surface area (Å²) >= 11 is 3.30. The zero-order valence-electron chi connectivity index (χ0n) is 11.3. The minimum Gasteiger partial charge on any atom is -0.478 e. The van der Waals surface area contributed by atoms with Gasteiger partial charge >= 0.3 is 5.97 Å². The first kappa shape index (κ1) is 15.2. The van der Waals surface area contributed by atoms with E-state index in [1.807, 2.05) is 0 Å². The number of carboxylic acids is 1. The largest absolute Gasteiger partial charge is 0.478 e. The minimum atomic E-state index is -0.995. The number of benzene rings is 1. The Hall–Kier alpha value is -2.15. The number of nitrogens with zero attached hydrogens (tertiary/aromatic N) is 2. The third-order valence-electron chi connectivity index (χ3n) is 2.91. The lowest BCUT2D eigenvalue weighted by Crippen LogP contribution is -2.24. The van der Waals surface area contributed by atoms with Crippen molar-refractivity contribution in [2.75, 3.05) is 5.32 Å². The van der Waals surface area contributed by atoms with E-state index in [0.717, 1.165) is 4.47 Å². The third-order valence-corrected chi connectivity index (χ3v) is 3.32. The van der Waals surface area contributed by atoms with Gasteiger partial charge in [0.1, 0.15) is 0 Å². The van der Waals surface area contributed by atoms with Crippen LogP contribution in [0.2, 0.25) is 0 Å². The van der Waals surface area contributed by atoms with Crippen molar-refractivity contribution in [2.24, 2.45) is 5.92 Å². The van der Waals surface area contributed by atoms with Crippen LogP contribution in [0, 0.1) is 5.92 Å². The number of nitrogens with one attached hydrogen (secondary N) is 1. The summed E-state index contributed by atoms with van der Waals surface area (Å²) in [5, 5.41) is 15.7. The van der Waals surface area contributed by atoms with Gasteiger partial charge in [-0.25, -0.2) is 4.79 Å². The van der Waals surface area contributed by atoms with Crippen LogP contribution in [0.4, 0.5) is 5.69 Å². The Balaban J connectivity index is 1.95. The molecule has 0 fully saturated rings. The maximum absolute atomic E-state index is 12.1. The van der Waals surface area contributed by atoms with Gasteiger partial charge in [-0.2, -0.15) is 5.10 Å². The molecular formula is C14H14BrN3O3. The van der Waals surface area contributed by atoms with Crippen molar-refractivity contribution in [3.05, 3.63) is 46.7 Å². The van der Waals surface area contributed by atoms with Gasteiger partial charge in [0.2, 0.25) is 5.91 Å². The molecule has 7 heteroatoms. The predicted molar refractivity (Wildman–Crippen MR) is 81.1 cm³/mol. The second-order valence-corrected chi connectivity index (χ2v) is 5.57. The number of carbonyl (C=O) groups is 2. The van der Waals surface area contributed by atoms with Crippen LogP contribution in [0.5, 0.6) is 0 Å². The molecule has 1 aromatic carbocycles. The molecule has 1 atom stereocenters. The highest BCUT2D eigenvalue weighted by Gasteiger charge is 2.14. The number of amides is 1. The monoisotopic (exact) mass is 351 g/mol. The molecule has 0 aliphatic carbocycles. The summed E-state index contributed by atoms with van der Waals surface area (Å²) in [4.78, 5) is 22.8. The van der Waals surface area contributed by atoms with E-state index in [-0.39, 0.29) is 17.4 Å². The number of hydrogen-bond donors (Lipinski definition) is 2. The average molecular weight is 352 g/mol. The van der Waals surface area contributed by atoms with E-state index in [4.69, 9.17) is 5.11 Å². The van der Waals surface area contributed by atoms with E-state index >= 15 is 0 Å². The number of halogens is 1. The number of rotatable bonds is 5. The summed E-state index contributed by atoms with van der Waals surface area (Å²) < 4.78 is 2.54. The fourth-order valence-corrected chi connectivity index (χ4v) is 2.09. The smallest absolute Gasteiger partial charge is 0.335 e. The summed E-state index contributed by atoms with van der Waals surface area (Å²) in [5.74, 6) is -1.41. The van der Waals surface area contributed by atoms with Crippen molar-refractivity contribution in [2.45, 2.75) is 13.5 Å². The first-order valence-electron chi connectivity index (χ1n) is 6.28. The lowest BCUT2D eigenvalue weighted by Gasteiger charge is -2.12. The van der Waals surface area contributed by atoms with Gasteiger partial charge in [0.05, 0.1) is 28.7 Å². The molecule has 0 saturated carbocycles. The second-order valence-electron chi connectivity index (χ2n) is 4.65. The van der Waals surface area contributed by atoms with Crippen LogP contribution in [-0.4, -0.2) is 26.8 Å². The van der Waals surface area contributed by atoms with Crippen LogP contribution in [-0.2, 0) is 11.3 Å². The topological polar surface area (TPSA) is 84.2 Å². The van der Waals surface area contributed by atoms with Crippen LogP contribution in [0.25, 0.3) is 0 Å². The van der Waals surface area contributed by atoms with Crippen LogP contribution >= 0.6 is 15.9 Å². The molecule has 0 spiro atoms. The number of carbonyl (C=O) groups excluding carboxylic acids is 1. The normalized spacial score (nSPS) is 11.9. The Morgan fingerprint density at radius 2 is 2.05 bits per heavy atom. The minimum absolute atomic E-state index is 0.148. The molecule has 0 aliphatic rings. The van der Waals surface area contributed by atoms with Gasteiger partial charge in [0.15, 0.2) is 0 Å². The molecule has 2 N–H and O–H groups in total. The van der Waals surface area contributed by atoms with Crippen LogP contribution in [0.3, 0.4) is 0 Å². The zero-order chi connectivity index (χ0) is 15.4. The highest BCUT2D eigenvalue weighted by molar-refractivity contribution is 9.10. The average Bonchev–Trinajstić information content (AvgIpc) is 2.84. The van der Waals surface area contributed by atoms with Gasteiger partial charge in [-0.1, -0.05) is 6.92 Å². The summed E-state index contributed by atoms with van der Waals surface area (Å²) in [7, 11) is 0. The Morgan fingerprint density at radius 1 is 1.38 bits per heavy atom. The van der Waals surface area contributed by atoms with Gasteiger partial charge < -0.3 is 10.4 Å². The number of carboxylic acid groups (broad SMARTS) is 1. The Kier molecular flexibility index (Phi) is 4.74. The predicted octanol–water partition coefficient (Wildman–Crippen LogP) is 2.62. The molecule has 1 aromatic heterocycles. The maximum Gasteiger partial charge on any atom is 0.335 e. The Morgan fingerprint density at radius 3 is 2.57 bits per heavy atom. The number of aromatic nitrogens is 2. The van der Waals surface area contributed by atoms with E-state index in [0.29, 0.717) is 12.2 Å². The molecule has 0 unspecified atom stereocenters. The van der Waals surface area contributed by atoms with Crippen molar-refractivity contribution in [1.82, 2.24) is 9.78 Å². The van der Waals surface area contributed by atoms with Gasteiger partial charge in [-0.3, -0.25) is 9.48 Å². The lowest BCUT2D eigenvalue weighted by molar-refractivity contribution is -0.119. The highest BCUT2D eigenvalue weighted by Crippen LogP contribution is 2.13. The molecule has 21 heavy (non-hydrogen) atoms. The van der Waals surface area contributed by atoms with Crippen molar-refractivity contribution in [1.29, 1.82) is 0 Å². The molecule has 0 radical (unpaired) electrons. The number of aromatic carboxylic acids is 1. The van der Waals surface area contributed by atoms with Crippen molar-refractivity contribution in [3.63, 3.8) is 0 Å². The van der Waals surface area contributed by atoms with Gasteiger partial charge in [-0.15, -0.1) is 0 Å². The molecule has 1 amide bonds. The molecule has 0 saturated heterocycles. The van der Waals surface area contributed by atoms with Crippen molar-refractivity contribution >= 4 is 33.5 Å². The second kappa shape index (κ2) is 6.53. The Labute approximate surface area is 129 Å². The number of hydrogen-bond acceptors (Lipinski definition) is 3. The standard InChI is InChI=1S/C14H14BrN3O3/c1-9(7-18-8-11(15)6-16-18)13(19)17-12-4-2-10(3-5-12)14(20)21/h2-6,8-9H,7H2,1H3,(H,17,19)(H,20,21)/t9-/m0/s1. The maximum atomic E-state index is 12.1. The third kappa shape index (κ3) is 4.16. The summed E-state index contributed by atoms with van der Waals surface area (Å²) in [6.07, 6.45) is 3.46. The molecular weight excluding hydrogens is 338 g/mol. The van der Waals surface area contributed by atoms with Crippen LogP contribution in [0.15, 0.2) is 41.1 Å². The first-order chi connectivity index (χ1) is 9.95. The van der Waals surface area contributed by atoms with E-state index in [9.17, 15) is 9.59 Å². The summed E-state index contributed by atoms with van der Waals surface area (Å²) in [5.41, 5.74) is 0.751.